The van der Waals surface area contributed by atoms with Crippen molar-refractivity contribution < 1.29 is 9.47 Å². The zero-order valence-electron chi connectivity index (χ0n) is 13.6. The number of rotatable bonds is 7. The van der Waals surface area contributed by atoms with Crippen molar-refractivity contribution in [2.45, 2.75) is 37.6 Å². The van der Waals surface area contributed by atoms with Crippen molar-refractivity contribution in [3.8, 4) is 0 Å². The smallest absolute Gasteiger partial charge is 0.0475 e. The molecule has 118 valence electrons. The number of ether oxygens (including phenoxy) is 2. The van der Waals surface area contributed by atoms with E-state index in [2.05, 4.69) is 49.6 Å². The van der Waals surface area contributed by atoms with Gasteiger partial charge in [-0.05, 0) is 37.8 Å². The molecule has 0 radical (unpaired) electrons. The maximum Gasteiger partial charge on any atom is 0.0475 e. The predicted octanol–water partition coefficient (Wildman–Crippen LogP) is 3.00. The van der Waals surface area contributed by atoms with E-state index in [9.17, 15) is 0 Å². The van der Waals surface area contributed by atoms with Gasteiger partial charge in [-0.15, -0.1) is 0 Å². The summed E-state index contributed by atoms with van der Waals surface area (Å²) < 4.78 is 10.9. The maximum absolute atomic E-state index is 5.65. The zero-order valence-corrected chi connectivity index (χ0v) is 13.6. The number of benzene rings is 1. The molecule has 1 N–H and O–H groups in total. The van der Waals surface area contributed by atoms with E-state index in [1.807, 2.05) is 0 Å². The number of hydrogen-bond acceptors (Lipinski definition) is 3. The van der Waals surface area contributed by atoms with E-state index in [1.165, 1.54) is 5.56 Å². The highest BCUT2D eigenvalue weighted by Crippen LogP contribution is 2.41. The van der Waals surface area contributed by atoms with Crippen molar-refractivity contribution >= 4 is 0 Å². The van der Waals surface area contributed by atoms with Gasteiger partial charge in [0, 0.05) is 38.4 Å². The Labute approximate surface area is 129 Å². The van der Waals surface area contributed by atoms with Crippen LogP contribution in [-0.2, 0) is 14.9 Å². The van der Waals surface area contributed by atoms with Crippen LogP contribution >= 0.6 is 0 Å². The lowest BCUT2D eigenvalue weighted by Gasteiger charge is -2.46. The van der Waals surface area contributed by atoms with Gasteiger partial charge >= 0.3 is 0 Å². The van der Waals surface area contributed by atoms with Crippen molar-refractivity contribution in [3.05, 3.63) is 35.9 Å². The van der Waals surface area contributed by atoms with Gasteiger partial charge in [-0.1, -0.05) is 37.3 Å². The van der Waals surface area contributed by atoms with E-state index in [4.69, 9.17) is 9.47 Å². The van der Waals surface area contributed by atoms with E-state index in [-0.39, 0.29) is 5.41 Å². The molecule has 3 nitrogen and oxygen atoms in total. The van der Waals surface area contributed by atoms with Gasteiger partial charge < -0.3 is 14.8 Å². The summed E-state index contributed by atoms with van der Waals surface area (Å²) in [5.74, 6) is 0.563. The molecule has 1 saturated heterocycles. The molecule has 1 heterocycles. The van der Waals surface area contributed by atoms with Crippen LogP contribution in [0.3, 0.4) is 0 Å². The van der Waals surface area contributed by atoms with E-state index in [0.717, 1.165) is 39.1 Å². The molecule has 0 amide bonds. The number of methoxy groups -OCH3 is 1. The normalized spacial score (nSPS) is 20.9. The molecule has 0 spiro atoms. The second-order valence-electron chi connectivity index (χ2n) is 6.16. The third-order valence-electron chi connectivity index (χ3n) is 4.99. The summed E-state index contributed by atoms with van der Waals surface area (Å²) in [6, 6.07) is 11.4. The number of hydrogen-bond donors (Lipinski definition) is 1. The molecule has 1 aliphatic rings. The molecule has 1 aliphatic heterocycles. The molecule has 1 aromatic rings. The van der Waals surface area contributed by atoms with Gasteiger partial charge in [0.25, 0.3) is 0 Å². The van der Waals surface area contributed by atoms with Crippen molar-refractivity contribution in [2.75, 3.05) is 34.0 Å². The first-order valence-electron chi connectivity index (χ1n) is 8.04. The second-order valence-corrected chi connectivity index (χ2v) is 6.16. The summed E-state index contributed by atoms with van der Waals surface area (Å²) in [4.78, 5) is 0. The second kappa shape index (κ2) is 7.92. The first kappa shape index (κ1) is 16.5. The van der Waals surface area contributed by atoms with Crippen LogP contribution < -0.4 is 5.32 Å². The Hall–Kier alpha value is -0.900. The van der Waals surface area contributed by atoms with Crippen molar-refractivity contribution in [1.82, 2.24) is 5.32 Å². The Bertz CT molecular complexity index is 401. The van der Waals surface area contributed by atoms with Gasteiger partial charge in [-0.2, -0.15) is 0 Å². The lowest BCUT2D eigenvalue weighted by Crippen LogP contribution is -2.53. The van der Waals surface area contributed by atoms with Crippen LogP contribution in [0.2, 0.25) is 0 Å². The van der Waals surface area contributed by atoms with Crippen LogP contribution in [0.4, 0.5) is 0 Å². The predicted molar refractivity (Wildman–Crippen MR) is 86.7 cm³/mol. The monoisotopic (exact) mass is 291 g/mol. The van der Waals surface area contributed by atoms with E-state index in [1.54, 1.807) is 7.11 Å². The van der Waals surface area contributed by atoms with Gasteiger partial charge in [0.2, 0.25) is 0 Å². The molecule has 2 rings (SSSR count). The van der Waals surface area contributed by atoms with Gasteiger partial charge in [0.1, 0.15) is 0 Å². The van der Waals surface area contributed by atoms with Gasteiger partial charge in [-0.3, -0.25) is 0 Å². The Morgan fingerprint density at radius 3 is 2.48 bits per heavy atom. The fourth-order valence-electron chi connectivity index (χ4n) is 3.86. The average molecular weight is 291 g/mol. The first-order chi connectivity index (χ1) is 10.2. The molecule has 2 unspecified atom stereocenters. The summed E-state index contributed by atoms with van der Waals surface area (Å²) in [6.45, 7) is 4.86. The lowest BCUT2D eigenvalue weighted by atomic mass is 9.65. The van der Waals surface area contributed by atoms with Crippen LogP contribution in [0.1, 0.15) is 31.7 Å². The fourth-order valence-corrected chi connectivity index (χ4v) is 3.86. The largest absolute Gasteiger partial charge is 0.385 e. The standard InChI is InChI=1S/C18H29NO2/c1-15(9-12-20-3)17(19-2)18(10-13-21-14-11-18)16-7-5-4-6-8-16/h4-8,15,17,19H,9-14H2,1-3H3. The van der Waals surface area contributed by atoms with Crippen LogP contribution in [0.15, 0.2) is 30.3 Å². The highest BCUT2D eigenvalue weighted by molar-refractivity contribution is 5.29. The molecule has 1 fully saturated rings. The molecule has 1 aromatic carbocycles. The van der Waals surface area contributed by atoms with Gasteiger partial charge in [0.05, 0.1) is 0 Å². The van der Waals surface area contributed by atoms with Gasteiger partial charge in [0.15, 0.2) is 0 Å². The highest BCUT2D eigenvalue weighted by atomic mass is 16.5. The minimum atomic E-state index is 0.168. The van der Waals surface area contributed by atoms with Crippen molar-refractivity contribution in [2.24, 2.45) is 5.92 Å². The number of nitrogens with one attached hydrogen (secondary N) is 1. The van der Waals surface area contributed by atoms with Crippen molar-refractivity contribution in [3.63, 3.8) is 0 Å². The Morgan fingerprint density at radius 2 is 1.90 bits per heavy atom. The molecular weight excluding hydrogens is 262 g/mol. The van der Waals surface area contributed by atoms with E-state index < -0.39 is 0 Å². The molecule has 2 atom stereocenters. The minimum absolute atomic E-state index is 0.168. The third kappa shape index (κ3) is 3.65. The summed E-state index contributed by atoms with van der Waals surface area (Å²) in [5, 5.41) is 3.61. The van der Waals surface area contributed by atoms with Crippen molar-refractivity contribution in [1.29, 1.82) is 0 Å². The summed E-state index contributed by atoms with van der Waals surface area (Å²) in [5.41, 5.74) is 1.61. The quantitative estimate of drug-likeness (QED) is 0.838. The summed E-state index contributed by atoms with van der Waals surface area (Å²) in [7, 11) is 3.87. The minimum Gasteiger partial charge on any atom is -0.385 e. The highest BCUT2D eigenvalue weighted by Gasteiger charge is 2.43. The molecule has 0 saturated carbocycles. The van der Waals surface area contributed by atoms with Gasteiger partial charge in [-0.25, -0.2) is 0 Å². The summed E-state index contributed by atoms with van der Waals surface area (Å²) >= 11 is 0. The fraction of sp³-hybridized carbons (Fsp3) is 0.667. The summed E-state index contributed by atoms with van der Waals surface area (Å²) in [6.07, 6.45) is 3.25. The van der Waals surface area contributed by atoms with E-state index >= 15 is 0 Å². The zero-order chi connectivity index (χ0) is 15.1. The lowest BCUT2D eigenvalue weighted by molar-refractivity contribution is 0.0233. The SMILES string of the molecule is CNC(C(C)CCOC)C1(c2ccccc2)CCOCC1. The molecule has 21 heavy (non-hydrogen) atoms. The maximum atomic E-state index is 5.65. The Morgan fingerprint density at radius 1 is 1.24 bits per heavy atom. The molecule has 3 heteroatoms. The molecule has 0 bridgehead atoms. The molecule has 0 aliphatic carbocycles. The topological polar surface area (TPSA) is 30.5 Å². The Kier molecular flexibility index (Phi) is 6.22. The van der Waals surface area contributed by atoms with Crippen LogP contribution in [-0.4, -0.2) is 40.0 Å². The van der Waals surface area contributed by atoms with Crippen LogP contribution in [0.25, 0.3) is 0 Å². The van der Waals surface area contributed by atoms with Crippen LogP contribution in [0, 0.1) is 5.92 Å². The third-order valence-corrected chi connectivity index (χ3v) is 4.99. The van der Waals surface area contributed by atoms with E-state index in [0.29, 0.717) is 12.0 Å². The number of likely N-dealkylation sites (N-methyl/N-ethyl adjacent to an activating group) is 1. The first-order valence-corrected chi connectivity index (χ1v) is 8.04. The molecular formula is C18H29NO2. The van der Waals surface area contributed by atoms with Crippen LogP contribution in [0.5, 0.6) is 0 Å². The molecule has 0 aromatic heterocycles. The Balaban J connectivity index is 2.29. The average Bonchev–Trinajstić information content (AvgIpc) is 2.55.